The number of likely N-dealkylation sites (tertiary alicyclic amines) is 1. The molecule has 1 aliphatic rings. The van der Waals surface area contributed by atoms with Crippen molar-refractivity contribution in [3.05, 3.63) is 53.1 Å². The molecule has 1 heterocycles. The van der Waals surface area contributed by atoms with E-state index in [0.717, 1.165) is 31.6 Å². The van der Waals surface area contributed by atoms with Crippen molar-refractivity contribution in [2.45, 2.75) is 12.8 Å². The molecule has 2 aromatic rings. The van der Waals surface area contributed by atoms with E-state index in [1.54, 1.807) is 42.5 Å². The highest BCUT2D eigenvalue weighted by molar-refractivity contribution is 6.31. The zero-order valence-electron chi connectivity index (χ0n) is 12.1. The quantitative estimate of drug-likeness (QED) is 0.841. The van der Waals surface area contributed by atoms with E-state index in [4.69, 9.17) is 11.6 Å². The van der Waals surface area contributed by atoms with Gasteiger partial charge in [0.15, 0.2) is 0 Å². The molecule has 2 aromatic carbocycles. The average molecular weight is 317 g/mol. The minimum absolute atomic E-state index is 0.0236. The van der Waals surface area contributed by atoms with Crippen LogP contribution in [0.2, 0.25) is 5.02 Å². The molecular formula is C17H17ClN2O2. The maximum absolute atomic E-state index is 12.6. The minimum atomic E-state index is 0.0236. The van der Waals surface area contributed by atoms with Gasteiger partial charge in [0.2, 0.25) is 0 Å². The molecule has 22 heavy (non-hydrogen) atoms. The van der Waals surface area contributed by atoms with Crippen LogP contribution in [0.3, 0.4) is 0 Å². The topological polar surface area (TPSA) is 52.6 Å². The highest BCUT2D eigenvalue weighted by Gasteiger charge is 2.22. The molecule has 2 N–H and O–H groups in total. The Morgan fingerprint density at radius 3 is 2.45 bits per heavy atom. The van der Waals surface area contributed by atoms with Gasteiger partial charge in [0, 0.05) is 23.8 Å². The van der Waals surface area contributed by atoms with Gasteiger partial charge in [-0.2, -0.15) is 0 Å². The second kappa shape index (κ2) is 6.28. The number of amides is 1. The maximum Gasteiger partial charge on any atom is 0.255 e. The summed E-state index contributed by atoms with van der Waals surface area (Å²) >= 11 is 6.07. The van der Waals surface area contributed by atoms with E-state index in [-0.39, 0.29) is 11.7 Å². The van der Waals surface area contributed by atoms with Gasteiger partial charge in [0.05, 0.1) is 11.3 Å². The van der Waals surface area contributed by atoms with Gasteiger partial charge in [-0.25, -0.2) is 0 Å². The normalized spacial score (nSPS) is 14.1. The number of nitrogens with one attached hydrogen (secondary N) is 1. The average Bonchev–Trinajstić information content (AvgIpc) is 3.03. The summed E-state index contributed by atoms with van der Waals surface area (Å²) in [7, 11) is 0. The lowest BCUT2D eigenvalue weighted by Crippen LogP contribution is -2.28. The molecule has 0 aliphatic carbocycles. The summed E-state index contributed by atoms with van der Waals surface area (Å²) in [6, 6.07) is 11.9. The van der Waals surface area contributed by atoms with E-state index in [1.165, 1.54) is 0 Å². The summed E-state index contributed by atoms with van der Waals surface area (Å²) < 4.78 is 0. The van der Waals surface area contributed by atoms with Gasteiger partial charge >= 0.3 is 0 Å². The Labute approximate surface area is 134 Å². The predicted molar refractivity (Wildman–Crippen MR) is 88.0 cm³/mol. The number of aromatic hydroxyl groups is 1. The molecule has 0 atom stereocenters. The molecule has 0 aromatic heterocycles. The van der Waals surface area contributed by atoms with Crippen LogP contribution in [0.1, 0.15) is 23.2 Å². The Morgan fingerprint density at radius 1 is 1.09 bits per heavy atom. The minimum Gasteiger partial charge on any atom is -0.508 e. The highest BCUT2D eigenvalue weighted by atomic mass is 35.5. The number of hydrogen-bond acceptors (Lipinski definition) is 3. The van der Waals surface area contributed by atoms with Gasteiger partial charge < -0.3 is 15.3 Å². The zero-order valence-corrected chi connectivity index (χ0v) is 12.8. The van der Waals surface area contributed by atoms with Crippen molar-refractivity contribution >= 4 is 28.9 Å². The predicted octanol–water partition coefficient (Wildman–Crippen LogP) is 4.03. The summed E-state index contributed by atoms with van der Waals surface area (Å²) in [5.74, 6) is 0.223. The van der Waals surface area contributed by atoms with Crippen LogP contribution in [0.5, 0.6) is 5.75 Å². The standard InChI is InChI=1S/C17H17ClN2O2/c18-12-3-8-15(17(22)20-9-1-2-10-20)16(11-12)19-13-4-6-14(21)7-5-13/h3-8,11,19,21H,1-2,9-10H2. The number of carbonyl (C=O) groups is 1. The third-order valence-corrected chi connectivity index (χ3v) is 3.99. The lowest BCUT2D eigenvalue weighted by molar-refractivity contribution is 0.0794. The smallest absolute Gasteiger partial charge is 0.255 e. The first-order chi connectivity index (χ1) is 10.6. The summed E-state index contributed by atoms with van der Waals surface area (Å²) in [6.07, 6.45) is 2.11. The summed E-state index contributed by atoms with van der Waals surface area (Å²) in [6.45, 7) is 1.61. The van der Waals surface area contributed by atoms with Crippen LogP contribution in [-0.4, -0.2) is 29.0 Å². The Balaban J connectivity index is 1.90. The number of rotatable bonds is 3. The van der Waals surface area contributed by atoms with Gasteiger partial charge in [-0.3, -0.25) is 4.79 Å². The molecule has 114 valence electrons. The first kappa shape index (κ1) is 14.7. The van der Waals surface area contributed by atoms with Crippen LogP contribution in [0, 0.1) is 0 Å². The van der Waals surface area contributed by atoms with E-state index in [9.17, 15) is 9.90 Å². The third-order valence-electron chi connectivity index (χ3n) is 3.75. The summed E-state index contributed by atoms with van der Waals surface area (Å²) in [4.78, 5) is 14.5. The van der Waals surface area contributed by atoms with Crippen LogP contribution in [-0.2, 0) is 0 Å². The molecular weight excluding hydrogens is 300 g/mol. The van der Waals surface area contributed by atoms with Crippen molar-refractivity contribution in [2.75, 3.05) is 18.4 Å². The van der Waals surface area contributed by atoms with E-state index in [0.29, 0.717) is 16.3 Å². The van der Waals surface area contributed by atoms with Crippen molar-refractivity contribution in [3.8, 4) is 5.75 Å². The molecule has 0 spiro atoms. The number of phenols is 1. The fraction of sp³-hybridized carbons (Fsp3) is 0.235. The van der Waals surface area contributed by atoms with Crippen molar-refractivity contribution in [1.82, 2.24) is 4.90 Å². The second-order valence-corrected chi connectivity index (χ2v) is 5.80. The van der Waals surface area contributed by atoms with Gasteiger partial charge in [-0.05, 0) is 55.3 Å². The van der Waals surface area contributed by atoms with E-state index >= 15 is 0 Å². The molecule has 0 saturated carbocycles. The first-order valence-electron chi connectivity index (χ1n) is 7.28. The Morgan fingerprint density at radius 2 is 1.77 bits per heavy atom. The number of hydrogen-bond donors (Lipinski definition) is 2. The van der Waals surface area contributed by atoms with Crippen molar-refractivity contribution < 1.29 is 9.90 Å². The lowest BCUT2D eigenvalue weighted by atomic mass is 10.1. The number of halogens is 1. The van der Waals surface area contributed by atoms with Gasteiger partial charge in [-0.15, -0.1) is 0 Å². The number of carbonyl (C=O) groups excluding carboxylic acids is 1. The molecule has 1 amide bonds. The first-order valence-corrected chi connectivity index (χ1v) is 7.66. The number of benzene rings is 2. The second-order valence-electron chi connectivity index (χ2n) is 5.36. The Hall–Kier alpha value is -2.20. The highest BCUT2D eigenvalue weighted by Crippen LogP contribution is 2.27. The largest absolute Gasteiger partial charge is 0.508 e. The van der Waals surface area contributed by atoms with E-state index in [2.05, 4.69) is 5.32 Å². The third kappa shape index (κ3) is 3.17. The summed E-state index contributed by atoms with van der Waals surface area (Å²) in [5, 5.41) is 13.1. The van der Waals surface area contributed by atoms with E-state index < -0.39 is 0 Å². The fourth-order valence-electron chi connectivity index (χ4n) is 2.60. The molecule has 0 bridgehead atoms. The zero-order chi connectivity index (χ0) is 15.5. The monoisotopic (exact) mass is 316 g/mol. The van der Waals surface area contributed by atoms with Gasteiger partial charge in [-0.1, -0.05) is 11.6 Å². The number of phenolic OH excluding ortho intramolecular Hbond substituents is 1. The molecule has 1 saturated heterocycles. The van der Waals surface area contributed by atoms with Gasteiger partial charge in [0.25, 0.3) is 5.91 Å². The molecule has 3 rings (SSSR count). The van der Waals surface area contributed by atoms with Crippen molar-refractivity contribution in [3.63, 3.8) is 0 Å². The van der Waals surface area contributed by atoms with Crippen molar-refractivity contribution in [2.24, 2.45) is 0 Å². The van der Waals surface area contributed by atoms with Crippen LogP contribution in [0.15, 0.2) is 42.5 Å². The Kier molecular flexibility index (Phi) is 4.20. The van der Waals surface area contributed by atoms with Crippen LogP contribution in [0.4, 0.5) is 11.4 Å². The SMILES string of the molecule is O=C(c1ccc(Cl)cc1Nc1ccc(O)cc1)N1CCCC1. The van der Waals surface area contributed by atoms with E-state index in [1.807, 2.05) is 4.90 Å². The molecule has 1 fully saturated rings. The molecule has 0 radical (unpaired) electrons. The fourth-order valence-corrected chi connectivity index (χ4v) is 2.77. The van der Waals surface area contributed by atoms with Crippen molar-refractivity contribution in [1.29, 1.82) is 0 Å². The lowest BCUT2D eigenvalue weighted by Gasteiger charge is -2.18. The molecule has 5 heteroatoms. The maximum atomic E-state index is 12.6. The van der Waals surface area contributed by atoms with Gasteiger partial charge in [0.1, 0.15) is 5.75 Å². The number of nitrogens with zero attached hydrogens (tertiary/aromatic N) is 1. The van der Waals surface area contributed by atoms with Crippen LogP contribution in [0.25, 0.3) is 0 Å². The summed E-state index contributed by atoms with van der Waals surface area (Å²) in [5.41, 5.74) is 2.07. The number of anilines is 2. The van der Waals surface area contributed by atoms with Crippen LogP contribution < -0.4 is 5.32 Å². The van der Waals surface area contributed by atoms with Crippen LogP contribution >= 0.6 is 11.6 Å². The molecule has 0 unspecified atom stereocenters. The molecule has 1 aliphatic heterocycles. The Bertz CT molecular complexity index is 680. The molecule has 4 nitrogen and oxygen atoms in total.